The summed E-state index contributed by atoms with van der Waals surface area (Å²) in [5.74, 6) is 2.18. The lowest BCUT2D eigenvalue weighted by Crippen LogP contribution is -2.22. The summed E-state index contributed by atoms with van der Waals surface area (Å²) in [7, 11) is 0. The Morgan fingerprint density at radius 2 is 1.73 bits per heavy atom. The third-order valence-corrected chi connectivity index (χ3v) is 5.42. The molecular formula is C20H32O2. The lowest BCUT2D eigenvalue weighted by Gasteiger charge is -2.35. The molecule has 2 rings (SSSR count). The molecule has 0 aliphatic heterocycles. The third kappa shape index (κ3) is 3.97. The highest BCUT2D eigenvalue weighted by Crippen LogP contribution is 2.48. The molecule has 0 amide bonds. The zero-order valence-electron chi connectivity index (χ0n) is 14.4. The van der Waals surface area contributed by atoms with Crippen LogP contribution in [0.25, 0.3) is 0 Å². The maximum atomic E-state index is 10.5. The van der Waals surface area contributed by atoms with Crippen LogP contribution in [0.4, 0.5) is 0 Å². The van der Waals surface area contributed by atoms with E-state index in [2.05, 4.69) is 20.8 Å². The lowest BCUT2D eigenvalue weighted by atomic mass is 9.70. The molecule has 1 aromatic rings. The van der Waals surface area contributed by atoms with E-state index in [1.165, 1.54) is 25.7 Å². The molecule has 2 nitrogen and oxygen atoms in total. The first-order valence-corrected chi connectivity index (χ1v) is 9.11. The van der Waals surface area contributed by atoms with Gasteiger partial charge in [0.1, 0.15) is 11.5 Å². The molecule has 0 radical (unpaired) electrons. The first-order valence-electron chi connectivity index (χ1n) is 9.11. The molecule has 0 saturated heterocycles. The van der Waals surface area contributed by atoms with Crippen LogP contribution < -0.4 is 0 Å². The molecule has 1 fully saturated rings. The summed E-state index contributed by atoms with van der Waals surface area (Å²) < 4.78 is 0. The van der Waals surface area contributed by atoms with E-state index in [-0.39, 0.29) is 0 Å². The summed E-state index contributed by atoms with van der Waals surface area (Å²) in [6.45, 7) is 6.69. The summed E-state index contributed by atoms with van der Waals surface area (Å²) in [4.78, 5) is 0. The molecule has 0 bridgehead atoms. The number of phenolic OH excluding ortho intramolecular Hbond substituents is 2. The normalized spacial score (nSPS) is 25.3. The van der Waals surface area contributed by atoms with Gasteiger partial charge in [-0.3, -0.25) is 0 Å². The summed E-state index contributed by atoms with van der Waals surface area (Å²) in [5, 5.41) is 21.0. The van der Waals surface area contributed by atoms with Crippen LogP contribution in [-0.4, -0.2) is 10.2 Å². The Kier molecular flexibility index (Phi) is 6.16. The number of hydrogen-bond acceptors (Lipinski definition) is 2. The molecule has 2 N–H and O–H groups in total. The Bertz CT molecular complexity index is 458. The first-order chi connectivity index (χ1) is 10.6. The van der Waals surface area contributed by atoms with Crippen molar-refractivity contribution >= 4 is 0 Å². The SMILES string of the molecule is CCCCCc1cc(O)c(C2CC(C)CCC2CC)c(O)c1. The van der Waals surface area contributed by atoms with Gasteiger partial charge in [0, 0.05) is 5.56 Å². The highest BCUT2D eigenvalue weighted by Gasteiger charge is 2.32. The van der Waals surface area contributed by atoms with Gasteiger partial charge in [-0.05, 0) is 61.1 Å². The zero-order valence-corrected chi connectivity index (χ0v) is 14.4. The van der Waals surface area contributed by atoms with Crippen LogP contribution in [0.3, 0.4) is 0 Å². The van der Waals surface area contributed by atoms with Crippen molar-refractivity contribution in [2.75, 3.05) is 0 Å². The van der Waals surface area contributed by atoms with Crippen molar-refractivity contribution in [1.29, 1.82) is 0 Å². The molecule has 3 atom stereocenters. The summed E-state index contributed by atoms with van der Waals surface area (Å²) in [6, 6.07) is 3.77. The highest BCUT2D eigenvalue weighted by molar-refractivity contribution is 5.49. The number of hydrogen-bond donors (Lipinski definition) is 2. The van der Waals surface area contributed by atoms with Crippen molar-refractivity contribution in [3.63, 3.8) is 0 Å². The molecular weight excluding hydrogens is 272 g/mol. The van der Waals surface area contributed by atoms with Crippen molar-refractivity contribution in [2.45, 2.75) is 78.1 Å². The van der Waals surface area contributed by atoms with Crippen LogP contribution in [0.2, 0.25) is 0 Å². The van der Waals surface area contributed by atoms with Crippen molar-refractivity contribution in [3.8, 4) is 11.5 Å². The standard InChI is InChI=1S/C20H32O2/c1-4-6-7-8-15-12-18(21)20(19(22)13-15)17-11-14(3)9-10-16(17)5-2/h12-14,16-17,21-22H,4-11H2,1-3H3. The molecule has 1 aliphatic carbocycles. The number of unbranched alkanes of at least 4 members (excludes halogenated alkanes) is 2. The van der Waals surface area contributed by atoms with E-state index >= 15 is 0 Å². The number of benzene rings is 1. The molecule has 1 aliphatic rings. The number of rotatable bonds is 6. The van der Waals surface area contributed by atoms with Gasteiger partial charge in [-0.1, -0.05) is 46.5 Å². The van der Waals surface area contributed by atoms with Crippen LogP contribution in [-0.2, 0) is 6.42 Å². The Hall–Kier alpha value is -1.18. The number of phenols is 2. The second-order valence-corrected chi connectivity index (χ2v) is 7.20. The smallest absolute Gasteiger partial charge is 0.123 e. The second-order valence-electron chi connectivity index (χ2n) is 7.20. The van der Waals surface area contributed by atoms with Gasteiger partial charge in [0.05, 0.1) is 0 Å². The Morgan fingerprint density at radius 3 is 2.32 bits per heavy atom. The predicted molar refractivity (Wildman–Crippen MR) is 92.5 cm³/mol. The molecule has 1 saturated carbocycles. The average Bonchev–Trinajstić information content (AvgIpc) is 2.47. The summed E-state index contributed by atoms with van der Waals surface area (Å²) in [5.41, 5.74) is 1.86. The fourth-order valence-corrected chi connectivity index (χ4v) is 4.07. The fourth-order valence-electron chi connectivity index (χ4n) is 4.07. The maximum Gasteiger partial charge on any atom is 0.123 e. The minimum atomic E-state index is 0.304. The molecule has 124 valence electrons. The minimum absolute atomic E-state index is 0.304. The van der Waals surface area contributed by atoms with Gasteiger partial charge in [-0.15, -0.1) is 0 Å². The van der Waals surface area contributed by atoms with Crippen LogP contribution >= 0.6 is 0 Å². The lowest BCUT2D eigenvalue weighted by molar-refractivity contribution is 0.234. The van der Waals surface area contributed by atoms with Crippen LogP contribution in [0.1, 0.15) is 82.8 Å². The van der Waals surface area contributed by atoms with Gasteiger partial charge < -0.3 is 10.2 Å². The molecule has 3 unspecified atom stereocenters. The van der Waals surface area contributed by atoms with Crippen molar-refractivity contribution < 1.29 is 10.2 Å². The van der Waals surface area contributed by atoms with E-state index in [4.69, 9.17) is 0 Å². The van der Waals surface area contributed by atoms with Crippen molar-refractivity contribution in [2.24, 2.45) is 11.8 Å². The molecule has 0 heterocycles. The topological polar surface area (TPSA) is 40.5 Å². The summed E-state index contributed by atoms with van der Waals surface area (Å²) in [6.07, 6.45) is 9.12. The average molecular weight is 304 g/mol. The minimum Gasteiger partial charge on any atom is -0.508 e. The van der Waals surface area contributed by atoms with E-state index in [1.807, 2.05) is 12.1 Å². The van der Waals surface area contributed by atoms with Crippen LogP contribution in [0.15, 0.2) is 12.1 Å². The quantitative estimate of drug-likeness (QED) is 0.656. The maximum absolute atomic E-state index is 10.5. The van der Waals surface area contributed by atoms with E-state index < -0.39 is 0 Å². The fraction of sp³-hybridized carbons (Fsp3) is 0.700. The molecule has 1 aromatic carbocycles. The van der Waals surface area contributed by atoms with Crippen LogP contribution in [0, 0.1) is 11.8 Å². The molecule has 0 aromatic heterocycles. The van der Waals surface area contributed by atoms with Crippen molar-refractivity contribution in [1.82, 2.24) is 0 Å². The molecule has 2 heteroatoms. The van der Waals surface area contributed by atoms with Gasteiger partial charge in [0.25, 0.3) is 0 Å². The second kappa shape index (κ2) is 7.89. The largest absolute Gasteiger partial charge is 0.508 e. The van der Waals surface area contributed by atoms with E-state index in [9.17, 15) is 10.2 Å². The third-order valence-electron chi connectivity index (χ3n) is 5.42. The first kappa shape index (κ1) is 17.2. The Labute approximate surface area is 135 Å². The summed E-state index contributed by atoms with van der Waals surface area (Å²) >= 11 is 0. The van der Waals surface area contributed by atoms with E-state index in [0.717, 1.165) is 36.8 Å². The predicted octanol–water partition coefficient (Wildman–Crippen LogP) is 5.76. The molecule has 22 heavy (non-hydrogen) atoms. The van der Waals surface area contributed by atoms with Gasteiger partial charge in [0.2, 0.25) is 0 Å². The van der Waals surface area contributed by atoms with Gasteiger partial charge in [-0.2, -0.15) is 0 Å². The number of aryl methyl sites for hydroxylation is 1. The van der Waals surface area contributed by atoms with Gasteiger partial charge in [0.15, 0.2) is 0 Å². The highest BCUT2D eigenvalue weighted by atomic mass is 16.3. The number of aromatic hydroxyl groups is 2. The monoisotopic (exact) mass is 304 g/mol. The van der Waals surface area contributed by atoms with E-state index in [0.29, 0.717) is 29.3 Å². The zero-order chi connectivity index (χ0) is 16.1. The Morgan fingerprint density at radius 1 is 1.05 bits per heavy atom. The van der Waals surface area contributed by atoms with Gasteiger partial charge in [-0.25, -0.2) is 0 Å². The Balaban J connectivity index is 2.22. The van der Waals surface area contributed by atoms with E-state index in [1.54, 1.807) is 0 Å². The van der Waals surface area contributed by atoms with Crippen LogP contribution in [0.5, 0.6) is 11.5 Å². The molecule has 0 spiro atoms. The van der Waals surface area contributed by atoms with Crippen molar-refractivity contribution in [3.05, 3.63) is 23.3 Å². The van der Waals surface area contributed by atoms with Gasteiger partial charge >= 0.3 is 0 Å².